The summed E-state index contributed by atoms with van der Waals surface area (Å²) in [6, 6.07) is 7.18. The summed E-state index contributed by atoms with van der Waals surface area (Å²) in [5.74, 6) is -0.140. The summed E-state index contributed by atoms with van der Waals surface area (Å²) in [6.07, 6.45) is 3.00. The minimum Gasteiger partial charge on any atom is -0.365 e. The lowest BCUT2D eigenvalue weighted by atomic mass is 9.99. The first-order valence-electron chi connectivity index (χ1n) is 13.5. The van der Waals surface area contributed by atoms with Crippen molar-refractivity contribution in [3.8, 4) is 11.3 Å². The second-order valence-corrected chi connectivity index (χ2v) is 10.9. The number of rotatable bonds is 6. The van der Waals surface area contributed by atoms with Crippen LogP contribution in [-0.2, 0) is 16.1 Å². The van der Waals surface area contributed by atoms with E-state index in [1.54, 1.807) is 4.90 Å². The number of benzene rings is 1. The van der Waals surface area contributed by atoms with Gasteiger partial charge in [0.2, 0.25) is 11.8 Å². The lowest BCUT2D eigenvalue weighted by molar-refractivity contribution is -0.137. The summed E-state index contributed by atoms with van der Waals surface area (Å²) >= 11 is 0. The number of H-pyrrole nitrogens is 1. The number of aromatic amines is 1. The molecule has 0 radical (unpaired) electrons. The Morgan fingerprint density at radius 1 is 1.13 bits per heavy atom. The maximum atomic E-state index is 13.3. The van der Waals surface area contributed by atoms with E-state index in [4.69, 9.17) is 4.98 Å². The summed E-state index contributed by atoms with van der Waals surface area (Å²) in [6.45, 7) is 9.06. The molecule has 38 heavy (non-hydrogen) atoms. The Morgan fingerprint density at radius 2 is 1.92 bits per heavy atom. The third-order valence-corrected chi connectivity index (χ3v) is 7.85. The van der Waals surface area contributed by atoms with Crippen LogP contribution in [0.25, 0.3) is 22.3 Å². The number of hydrogen-bond acceptors (Lipinski definition) is 7. The van der Waals surface area contributed by atoms with Crippen LogP contribution in [0.4, 0.5) is 5.82 Å². The van der Waals surface area contributed by atoms with E-state index in [0.717, 1.165) is 58.9 Å². The second kappa shape index (κ2) is 9.50. The van der Waals surface area contributed by atoms with E-state index >= 15 is 0 Å². The number of hydrogen-bond donors (Lipinski definition) is 3. The van der Waals surface area contributed by atoms with Gasteiger partial charge in [0.05, 0.1) is 17.3 Å². The normalized spacial score (nSPS) is 22.0. The van der Waals surface area contributed by atoms with Gasteiger partial charge in [0.25, 0.3) is 5.91 Å². The quantitative estimate of drug-likeness (QED) is 0.430. The van der Waals surface area contributed by atoms with Crippen LogP contribution in [-0.4, -0.2) is 67.9 Å². The fourth-order valence-electron chi connectivity index (χ4n) is 5.97. The number of anilines is 1. The summed E-state index contributed by atoms with van der Waals surface area (Å²) in [4.78, 5) is 46.6. The van der Waals surface area contributed by atoms with Gasteiger partial charge in [-0.15, -0.1) is 0 Å². The lowest BCUT2D eigenvalue weighted by Gasteiger charge is -2.32. The van der Waals surface area contributed by atoms with Crippen molar-refractivity contribution in [1.82, 2.24) is 30.3 Å². The molecule has 3 aliphatic heterocycles. The van der Waals surface area contributed by atoms with Gasteiger partial charge in [-0.3, -0.25) is 29.7 Å². The molecule has 2 unspecified atom stereocenters. The van der Waals surface area contributed by atoms with Gasteiger partial charge < -0.3 is 10.2 Å². The highest BCUT2D eigenvalue weighted by atomic mass is 16.2. The number of fused-ring (bicyclic) bond motifs is 2. The fraction of sp³-hybridized carbons (Fsp3) is 0.464. The van der Waals surface area contributed by atoms with Gasteiger partial charge in [-0.2, -0.15) is 5.10 Å². The molecular weight excluding hydrogens is 482 g/mol. The van der Waals surface area contributed by atoms with E-state index in [2.05, 4.69) is 45.6 Å². The van der Waals surface area contributed by atoms with E-state index in [1.807, 2.05) is 25.1 Å². The Morgan fingerprint density at radius 3 is 2.66 bits per heavy atom. The molecule has 10 heteroatoms. The Hall–Kier alpha value is -3.79. The molecule has 0 spiro atoms. The SMILES string of the molecule is CC(C)Nc1n[nH]c2c(CN3CCCC3)cc(-c3ccc4c(c3)C(C)N(C3CCC(=O)NC3=O)C4=O)nc12. The molecule has 0 bridgehead atoms. The van der Waals surface area contributed by atoms with Gasteiger partial charge in [0, 0.05) is 30.1 Å². The molecule has 5 heterocycles. The average Bonchev–Trinajstić information content (AvgIpc) is 3.59. The maximum Gasteiger partial charge on any atom is 0.255 e. The first-order valence-corrected chi connectivity index (χ1v) is 13.5. The minimum absolute atomic E-state index is 0.176. The van der Waals surface area contributed by atoms with Gasteiger partial charge in [-0.25, -0.2) is 4.98 Å². The Labute approximate surface area is 221 Å². The Kier molecular flexibility index (Phi) is 6.14. The van der Waals surface area contributed by atoms with Crippen molar-refractivity contribution >= 4 is 34.6 Å². The minimum atomic E-state index is -0.650. The third-order valence-electron chi connectivity index (χ3n) is 7.85. The highest BCUT2D eigenvalue weighted by molar-refractivity contribution is 6.06. The van der Waals surface area contributed by atoms with E-state index in [-0.39, 0.29) is 30.3 Å². The van der Waals surface area contributed by atoms with Gasteiger partial charge in [-0.05, 0) is 82.4 Å². The predicted octanol–water partition coefficient (Wildman–Crippen LogP) is 3.36. The van der Waals surface area contributed by atoms with Gasteiger partial charge in [0.1, 0.15) is 11.6 Å². The van der Waals surface area contributed by atoms with Crippen LogP contribution < -0.4 is 10.6 Å². The van der Waals surface area contributed by atoms with Crippen molar-refractivity contribution in [2.45, 2.75) is 71.1 Å². The number of imide groups is 1. The fourth-order valence-corrected chi connectivity index (χ4v) is 5.97. The molecule has 1 aromatic carbocycles. The van der Waals surface area contributed by atoms with E-state index < -0.39 is 11.9 Å². The van der Waals surface area contributed by atoms with Crippen molar-refractivity contribution in [3.05, 3.63) is 41.0 Å². The molecule has 2 aromatic heterocycles. The summed E-state index contributed by atoms with van der Waals surface area (Å²) in [5, 5.41) is 13.5. The molecule has 2 fully saturated rings. The number of nitrogens with zero attached hydrogens (tertiary/aromatic N) is 4. The van der Waals surface area contributed by atoms with Gasteiger partial charge in [-0.1, -0.05) is 6.07 Å². The van der Waals surface area contributed by atoms with Crippen molar-refractivity contribution < 1.29 is 14.4 Å². The molecule has 6 rings (SSSR count). The number of piperidine rings is 1. The highest BCUT2D eigenvalue weighted by Crippen LogP contribution is 2.39. The third kappa shape index (κ3) is 4.22. The van der Waals surface area contributed by atoms with Crippen LogP contribution >= 0.6 is 0 Å². The zero-order valence-electron chi connectivity index (χ0n) is 22.0. The van der Waals surface area contributed by atoms with E-state index in [9.17, 15) is 14.4 Å². The Bertz CT molecular complexity index is 1440. The number of aromatic nitrogens is 3. The predicted molar refractivity (Wildman–Crippen MR) is 143 cm³/mol. The average molecular weight is 516 g/mol. The first kappa shape index (κ1) is 24.5. The van der Waals surface area contributed by atoms with Gasteiger partial charge in [0.15, 0.2) is 5.82 Å². The standard InChI is InChI=1S/C28H33N7O3/c1-15(2)29-26-25-24(32-33-26)18(14-34-10-4-5-11-34)13-21(30-25)17-6-7-19-20(12-17)16(3)35(28(19)38)22-8-9-23(36)31-27(22)37/h6-7,12-13,15-16,22H,4-5,8-11,14H2,1-3H3,(H2,29,32,33)(H,31,36,37). The molecule has 0 aliphatic carbocycles. The van der Waals surface area contributed by atoms with Crippen molar-refractivity contribution in [3.63, 3.8) is 0 Å². The molecule has 2 atom stereocenters. The number of likely N-dealkylation sites (tertiary alicyclic amines) is 1. The van der Waals surface area contributed by atoms with Crippen LogP contribution in [0.2, 0.25) is 0 Å². The summed E-state index contributed by atoms with van der Waals surface area (Å²) in [5.41, 5.74) is 6.09. The lowest BCUT2D eigenvalue weighted by Crippen LogP contribution is -2.53. The molecule has 3 N–H and O–H groups in total. The summed E-state index contributed by atoms with van der Waals surface area (Å²) < 4.78 is 0. The topological polar surface area (TPSA) is 123 Å². The van der Waals surface area contributed by atoms with Crippen LogP contribution in [0.15, 0.2) is 24.3 Å². The number of nitrogens with one attached hydrogen (secondary N) is 3. The van der Waals surface area contributed by atoms with Crippen LogP contribution in [0.5, 0.6) is 0 Å². The summed E-state index contributed by atoms with van der Waals surface area (Å²) in [7, 11) is 0. The van der Waals surface area contributed by atoms with Crippen molar-refractivity contribution in [2.24, 2.45) is 0 Å². The monoisotopic (exact) mass is 515 g/mol. The second-order valence-electron chi connectivity index (χ2n) is 10.9. The van der Waals surface area contributed by atoms with Crippen LogP contribution in [0.1, 0.15) is 74.0 Å². The van der Waals surface area contributed by atoms with Crippen LogP contribution in [0, 0.1) is 0 Å². The molecule has 2 saturated heterocycles. The van der Waals surface area contributed by atoms with Crippen molar-refractivity contribution in [2.75, 3.05) is 18.4 Å². The molecule has 198 valence electrons. The highest BCUT2D eigenvalue weighted by Gasteiger charge is 2.43. The van der Waals surface area contributed by atoms with Crippen LogP contribution in [0.3, 0.4) is 0 Å². The largest absolute Gasteiger partial charge is 0.365 e. The van der Waals surface area contributed by atoms with E-state index in [1.165, 1.54) is 12.8 Å². The molecule has 3 amide bonds. The molecule has 3 aliphatic rings. The van der Waals surface area contributed by atoms with Crippen molar-refractivity contribution in [1.29, 1.82) is 0 Å². The van der Waals surface area contributed by atoms with Gasteiger partial charge >= 0.3 is 0 Å². The van der Waals surface area contributed by atoms with E-state index in [0.29, 0.717) is 12.0 Å². The molecule has 10 nitrogen and oxygen atoms in total. The first-order chi connectivity index (χ1) is 18.3. The number of carbonyl (C=O) groups excluding carboxylic acids is 3. The number of amides is 3. The molecule has 3 aromatic rings. The zero-order chi connectivity index (χ0) is 26.6. The molecule has 0 saturated carbocycles. The number of pyridine rings is 1. The smallest absolute Gasteiger partial charge is 0.255 e. The zero-order valence-corrected chi connectivity index (χ0v) is 22.0. The molecular formula is C28H33N7O3. The number of carbonyl (C=O) groups is 3. The Balaban J connectivity index is 1.38. The maximum absolute atomic E-state index is 13.3.